The molecule has 8 heteroatoms. The van der Waals surface area contributed by atoms with Gasteiger partial charge in [-0.3, -0.25) is 14.9 Å². The molecule has 0 aromatic heterocycles. The first-order valence-corrected chi connectivity index (χ1v) is 6.94. The van der Waals surface area contributed by atoms with E-state index in [4.69, 9.17) is 10.5 Å². The van der Waals surface area contributed by atoms with Gasteiger partial charge in [-0.15, -0.1) is 0 Å². The summed E-state index contributed by atoms with van der Waals surface area (Å²) in [5, 5.41) is 13.4. The van der Waals surface area contributed by atoms with Crippen molar-refractivity contribution < 1.29 is 19.2 Å². The molecule has 124 valence electrons. The highest BCUT2D eigenvalue weighted by atomic mass is 16.6. The molecule has 0 radical (unpaired) electrons. The van der Waals surface area contributed by atoms with Crippen molar-refractivity contribution in [3.05, 3.63) is 63.7 Å². The van der Waals surface area contributed by atoms with Crippen molar-refractivity contribution in [2.24, 2.45) is 5.73 Å². The van der Waals surface area contributed by atoms with Crippen LogP contribution in [0.1, 0.15) is 15.9 Å². The third-order valence-corrected chi connectivity index (χ3v) is 3.14. The van der Waals surface area contributed by atoms with Gasteiger partial charge in [-0.2, -0.15) is 0 Å². The van der Waals surface area contributed by atoms with Crippen molar-refractivity contribution >= 4 is 23.2 Å². The number of nitrogens with two attached hydrogens (primary N) is 1. The zero-order valence-electron chi connectivity index (χ0n) is 12.8. The number of carbonyl (C=O) groups is 2. The Morgan fingerprint density at radius 1 is 1.21 bits per heavy atom. The average Bonchev–Trinajstić information content (AvgIpc) is 2.53. The van der Waals surface area contributed by atoms with E-state index in [1.165, 1.54) is 36.4 Å². The smallest absolute Gasteiger partial charge is 0.316 e. The van der Waals surface area contributed by atoms with Gasteiger partial charge in [0.25, 0.3) is 0 Å². The second-order valence-corrected chi connectivity index (χ2v) is 5.01. The van der Waals surface area contributed by atoms with Crippen LogP contribution in [0.3, 0.4) is 0 Å². The fourth-order valence-electron chi connectivity index (χ4n) is 2.00. The summed E-state index contributed by atoms with van der Waals surface area (Å²) in [4.78, 5) is 33.3. The van der Waals surface area contributed by atoms with E-state index in [-0.39, 0.29) is 23.8 Å². The lowest BCUT2D eigenvalue weighted by atomic mass is 10.1. The van der Waals surface area contributed by atoms with Crippen LogP contribution in [-0.4, -0.2) is 23.3 Å². The number of aryl methyl sites for hydroxylation is 1. The van der Waals surface area contributed by atoms with Gasteiger partial charge in [0.15, 0.2) is 18.1 Å². The number of carbonyl (C=O) groups excluding carboxylic acids is 2. The molecule has 0 heterocycles. The maximum Gasteiger partial charge on any atom is 0.316 e. The summed E-state index contributed by atoms with van der Waals surface area (Å²) >= 11 is 0. The molecule has 0 unspecified atom stereocenters. The Bertz CT molecular complexity index is 787. The Hall–Kier alpha value is -3.42. The van der Waals surface area contributed by atoms with Crippen LogP contribution < -0.4 is 15.8 Å². The van der Waals surface area contributed by atoms with Crippen LogP contribution >= 0.6 is 0 Å². The molecule has 0 bridgehead atoms. The summed E-state index contributed by atoms with van der Waals surface area (Å²) < 4.78 is 5.28. The summed E-state index contributed by atoms with van der Waals surface area (Å²) in [6.45, 7) is 1.39. The van der Waals surface area contributed by atoms with Gasteiger partial charge in [0.05, 0.1) is 4.92 Å². The lowest BCUT2D eigenvalue weighted by Crippen LogP contribution is -2.19. The molecule has 2 rings (SSSR count). The fraction of sp³-hybridized carbons (Fsp3) is 0.125. The number of hydrogen-bond donors (Lipinski definition) is 2. The van der Waals surface area contributed by atoms with E-state index < -0.39 is 11.0 Å². The van der Waals surface area contributed by atoms with E-state index in [9.17, 15) is 19.7 Å². The number of ether oxygens (including phenoxy) is 1. The molecule has 0 aliphatic rings. The molecule has 0 saturated carbocycles. The van der Waals surface area contributed by atoms with E-state index in [1.54, 1.807) is 13.0 Å². The molecular weight excluding hydrogens is 314 g/mol. The van der Waals surface area contributed by atoms with Crippen molar-refractivity contribution in [2.45, 2.75) is 6.92 Å². The molecule has 2 amide bonds. The van der Waals surface area contributed by atoms with Gasteiger partial charge in [0.1, 0.15) is 0 Å². The van der Waals surface area contributed by atoms with E-state index in [2.05, 4.69) is 5.32 Å². The number of hydrogen-bond acceptors (Lipinski definition) is 5. The molecule has 3 N–H and O–H groups in total. The van der Waals surface area contributed by atoms with Crippen LogP contribution in [0.25, 0.3) is 0 Å². The first-order valence-electron chi connectivity index (χ1n) is 6.94. The molecular formula is C16H15N3O5. The second-order valence-electron chi connectivity index (χ2n) is 5.01. The number of primary amides is 1. The number of benzene rings is 2. The van der Waals surface area contributed by atoms with Crippen molar-refractivity contribution in [2.75, 3.05) is 11.9 Å². The maximum absolute atomic E-state index is 12.1. The number of nitrogens with zero attached hydrogens (tertiary/aromatic N) is 1. The number of Topliss-reactive ketones (excluding diaryl/α,β-unsaturated/α-hetero) is 1. The summed E-state index contributed by atoms with van der Waals surface area (Å²) in [5.74, 6) is -0.318. The molecule has 0 aliphatic heterocycles. The van der Waals surface area contributed by atoms with Crippen molar-refractivity contribution in [1.29, 1.82) is 0 Å². The number of urea groups is 1. The zero-order chi connectivity index (χ0) is 17.7. The number of anilines is 1. The van der Waals surface area contributed by atoms with Crippen molar-refractivity contribution in [3.63, 3.8) is 0 Å². The third-order valence-electron chi connectivity index (χ3n) is 3.14. The summed E-state index contributed by atoms with van der Waals surface area (Å²) in [6.07, 6.45) is 0. The van der Waals surface area contributed by atoms with Gasteiger partial charge < -0.3 is 15.8 Å². The minimum Gasteiger partial charge on any atom is -0.478 e. The summed E-state index contributed by atoms with van der Waals surface area (Å²) in [6, 6.07) is 9.84. The minimum absolute atomic E-state index is 0.0333. The molecule has 0 fully saturated rings. The van der Waals surface area contributed by atoms with Gasteiger partial charge in [0, 0.05) is 17.3 Å². The molecule has 2 aromatic carbocycles. The van der Waals surface area contributed by atoms with E-state index in [1.807, 2.05) is 0 Å². The Morgan fingerprint density at radius 3 is 2.46 bits per heavy atom. The topological polar surface area (TPSA) is 125 Å². The van der Waals surface area contributed by atoms with Crippen LogP contribution in [0.2, 0.25) is 0 Å². The standard InChI is InChI=1S/C16H15N3O5/c1-10-2-7-15(13(8-10)19(22)23)24-9-14(20)11-3-5-12(6-4-11)18-16(17)21/h2-8H,9H2,1H3,(H3,17,18,21). The highest BCUT2D eigenvalue weighted by Crippen LogP contribution is 2.27. The number of nitro groups is 1. The maximum atomic E-state index is 12.1. The van der Waals surface area contributed by atoms with Crippen molar-refractivity contribution in [1.82, 2.24) is 0 Å². The number of rotatable bonds is 6. The Balaban J connectivity index is 2.06. The lowest BCUT2D eigenvalue weighted by molar-refractivity contribution is -0.385. The van der Waals surface area contributed by atoms with Crippen LogP contribution in [0, 0.1) is 17.0 Å². The Kier molecular flexibility index (Phi) is 5.10. The zero-order valence-corrected chi connectivity index (χ0v) is 12.8. The Labute approximate surface area is 137 Å². The summed E-state index contributed by atoms with van der Waals surface area (Å²) in [5.41, 5.74) is 6.32. The SMILES string of the molecule is Cc1ccc(OCC(=O)c2ccc(NC(N)=O)cc2)c([N+](=O)[O-])c1. The highest BCUT2D eigenvalue weighted by molar-refractivity contribution is 5.98. The number of nitro benzene ring substituents is 1. The third kappa shape index (κ3) is 4.29. The first-order chi connectivity index (χ1) is 11.4. The van der Waals surface area contributed by atoms with Crippen LogP contribution in [-0.2, 0) is 0 Å². The van der Waals surface area contributed by atoms with E-state index in [0.29, 0.717) is 11.3 Å². The number of amides is 2. The monoisotopic (exact) mass is 329 g/mol. The van der Waals surface area contributed by atoms with Crippen LogP contribution in [0.15, 0.2) is 42.5 Å². The number of ketones is 1. The van der Waals surface area contributed by atoms with Gasteiger partial charge in [-0.05, 0) is 42.8 Å². The van der Waals surface area contributed by atoms with Gasteiger partial charge in [0.2, 0.25) is 0 Å². The van der Waals surface area contributed by atoms with E-state index in [0.717, 1.165) is 5.56 Å². The average molecular weight is 329 g/mol. The molecule has 0 atom stereocenters. The first kappa shape index (κ1) is 16.9. The normalized spacial score (nSPS) is 10.0. The molecule has 2 aromatic rings. The lowest BCUT2D eigenvalue weighted by Gasteiger charge is -2.07. The van der Waals surface area contributed by atoms with Gasteiger partial charge in [-0.1, -0.05) is 6.07 Å². The Morgan fingerprint density at radius 2 is 1.88 bits per heavy atom. The molecule has 8 nitrogen and oxygen atoms in total. The fourth-order valence-corrected chi connectivity index (χ4v) is 2.00. The number of nitrogens with one attached hydrogen (secondary N) is 1. The van der Waals surface area contributed by atoms with Crippen LogP contribution in [0.4, 0.5) is 16.2 Å². The summed E-state index contributed by atoms with van der Waals surface area (Å²) in [7, 11) is 0. The largest absolute Gasteiger partial charge is 0.478 e. The minimum atomic E-state index is -0.705. The van der Waals surface area contributed by atoms with E-state index >= 15 is 0 Å². The predicted molar refractivity (Wildman–Crippen MR) is 87.3 cm³/mol. The van der Waals surface area contributed by atoms with Gasteiger partial charge >= 0.3 is 11.7 Å². The van der Waals surface area contributed by atoms with Crippen LogP contribution in [0.5, 0.6) is 5.75 Å². The second kappa shape index (κ2) is 7.23. The molecule has 24 heavy (non-hydrogen) atoms. The quantitative estimate of drug-likeness (QED) is 0.479. The molecule has 0 aliphatic carbocycles. The highest BCUT2D eigenvalue weighted by Gasteiger charge is 2.16. The molecule has 0 saturated heterocycles. The van der Waals surface area contributed by atoms with Crippen molar-refractivity contribution in [3.8, 4) is 5.75 Å². The van der Waals surface area contributed by atoms with Gasteiger partial charge in [-0.25, -0.2) is 4.79 Å². The molecule has 0 spiro atoms. The predicted octanol–water partition coefficient (Wildman–Crippen LogP) is 2.66.